The van der Waals surface area contributed by atoms with Crippen LogP contribution in [-0.4, -0.2) is 32.9 Å². The standard InChI is InChI=1S/C22H17N3O2S2/c26-20(13-28-22-21(27)23-14-7-1-2-8-15(14)24-22)25-16-9-3-5-11-18(16)29-19-12-6-4-10-17(19)25/h1-12,16,18H,13H2,(H,23,27). The van der Waals surface area contributed by atoms with Gasteiger partial charge in [0.05, 0.1) is 33.8 Å². The topological polar surface area (TPSA) is 66.1 Å². The normalized spacial score (nSPS) is 19.8. The molecular weight excluding hydrogens is 402 g/mol. The highest BCUT2D eigenvalue weighted by atomic mass is 32.2. The Kier molecular flexibility index (Phi) is 4.77. The number of anilines is 1. The summed E-state index contributed by atoms with van der Waals surface area (Å²) in [5, 5.41) is 0.499. The van der Waals surface area contributed by atoms with Crippen LogP contribution in [0, 0.1) is 0 Å². The third kappa shape index (κ3) is 3.41. The number of fused-ring (bicyclic) bond motifs is 3. The molecule has 0 saturated carbocycles. The number of nitrogens with zero attached hydrogens (tertiary/aromatic N) is 2. The first-order chi connectivity index (χ1) is 14.2. The van der Waals surface area contributed by atoms with Gasteiger partial charge in [-0.25, -0.2) is 4.98 Å². The van der Waals surface area contributed by atoms with Crippen LogP contribution in [0.4, 0.5) is 5.69 Å². The quantitative estimate of drug-likeness (QED) is 0.650. The lowest BCUT2D eigenvalue weighted by Crippen LogP contribution is -2.48. The van der Waals surface area contributed by atoms with E-state index in [4.69, 9.17) is 0 Å². The number of nitrogens with one attached hydrogen (secondary N) is 1. The van der Waals surface area contributed by atoms with Crippen LogP contribution in [0.5, 0.6) is 0 Å². The van der Waals surface area contributed by atoms with Gasteiger partial charge in [-0.05, 0) is 24.3 Å². The van der Waals surface area contributed by atoms with Crippen molar-refractivity contribution in [2.24, 2.45) is 0 Å². The Labute approximate surface area is 175 Å². The second kappa shape index (κ2) is 7.57. The number of benzene rings is 2. The number of carbonyl (C=O) groups is 1. The lowest BCUT2D eigenvalue weighted by atomic mass is 10.0. The average Bonchev–Trinajstić information content (AvgIpc) is 2.75. The zero-order valence-electron chi connectivity index (χ0n) is 15.3. The van der Waals surface area contributed by atoms with Crippen LogP contribution < -0.4 is 10.5 Å². The van der Waals surface area contributed by atoms with Crippen LogP contribution in [0.3, 0.4) is 0 Å². The van der Waals surface area contributed by atoms with Crippen molar-refractivity contribution in [1.29, 1.82) is 0 Å². The summed E-state index contributed by atoms with van der Waals surface area (Å²) in [7, 11) is 0. The molecule has 2 aliphatic rings. The Balaban J connectivity index is 1.43. The van der Waals surface area contributed by atoms with Crippen LogP contribution in [-0.2, 0) is 4.79 Å². The summed E-state index contributed by atoms with van der Waals surface area (Å²) in [6.45, 7) is 0. The van der Waals surface area contributed by atoms with Crippen molar-refractivity contribution < 1.29 is 4.79 Å². The molecule has 1 aliphatic heterocycles. The first kappa shape index (κ1) is 18.3. The van der Waals surface area contributed by atoms with E-state index >= 15 is 0 Å². The zero-order valence-corrected chi connectivity index (χ0v) is 17.0. The minimum absolute atomic E-state index is 0.0316. The van der Waals surface area contributed by atoms with Crippen molar-refractivity contribution in [3.63, 3.8) is 0 Å². The molecule has 144 valence electrons. The van der Waals surface area contributed by atoms with E-state index in [1.165, 1.54) is 11.8 Å². The van der Waals surface area contributed by atoms with Gasteiger partial charge in [-0.15, -0.1) is 11.8 Å². The van der Waals surface area contributed by atoms with Crippen LogP contribution >= 0.6 is 23.5 Å². The smallest absolute Gasteiger partial charge is 0.280 e. The van der Waals surface area contributed by atoms with Gasteiger partial charge in [0.2, 0.25) is 5.91 Å². The first-order valence-electron chi connectivity index (χ1n) is 9.25. The van der Waals surface area contributed by atoms with Crippen LogP contribution in [0.25, 0.3) is 11.0 Å². The Morgan fingerprint density at radius 1 is 1.10 bits per heavy atom. The van der Waals surface area contributed by atoms with Gasteiger partial charge >= 0.3 is 0 Å². The second-order valence-corrected chi connectivity index (χ2v) is 8.94. The lowest BCUT2D eigenvalue weighted by molar-refractivity contribution is -0.116. The molecule has 1 aromatic heterocycles. The van der Waals surface area contributed by atoms with Gasteiger partial charge in [0, 0.05) is 4.90 Å². The molecule has 0 saturated heterocycles. The van der Waals surface area contributed by atoms with E-state index in [0.717, 1.165) is 10.6 Å². The summed E-state index contributed by atoms with van der Waals surface area (Å²) >= 11 is 2.96. The molecule has 29 heavy (non-hydrogen) atoms. The highest BCUT2D eigenvalue weighted by molar-refractivity contribution is 8.00. The highest BCUT2D eigenvalue weighted by Gasteiger charge is 2.36. The molecule has 1 N–H and O–H groups in total. The highest BCUT2D eigenvalue weighted by Crippen LogP contribution is 2.43. The summed E-state index contributed by atoms with van der Waals surface area (Å²) in [6.07, 6.45) is 8.21. The third-order valence-corrected chi connectivity index (χ3v) is 7.16. The first-order valence-corrected chi connectivity index (χ1v) is 11.1. The van der Waals surface area contributed by atoms with Crippen molar-refractivity contribution in [3.05, 3.63) is 83.2 Å². The van der Waals surface area contributed by atoms with E-state index < -0.39 is 0 Å². The van der Waals surface area contributed by atoms with Crippen LogP contribution in [0.2, 0.25) is 0 Å². The predicted molar refractivity (Wildman–Crippen MR) is 119 cm³/mol. The Morgan fingerprint density at radius 2 is 1.90 bits per heavy atom. The number of carbonyl (C=O) groups excluding carboxylic acids is 1. The number of thioether (sulfide) groups is 2. The molecular formula is C22H17N3O2S2. The summed E-state index contributed by atoms with van der Waals surface area (Å²) < 4.78 is 0. The van der Waals surface area contributed by atoms with Gasteiger partial charge in [0.1, 0.15) is 0 Å². The molecule has 0 fully saturated rings. The van der Waals surface area contributed by atoms with Crippen LogP contribution in [0.1, 0.15) is 0 Å². The molecule has 0 radical (unpaired) electrons. The fraction of sp³-hybridized carbons (Fsp3) is 0.136. The Hall–Kier alpha value is -2.77. The maximum Gasteiger partial charge on any atom is 0.280 e. The molecule has 7 heteroatoms. The SMILES string of the molecule is O=C(CSc1nc2ccccc2[nH]c1=O)N1c2ccccc2SC2C=CC=CC21. The minimum atomic E-state index is -0.269. The monoisotopic (exact) mass is 419 g/mol. The van der Waals surface area contributed by atoms with Gasteiger partial charge < -0.3 is 9.88 Å². The minimum Gasteiger partial charge on any atom is -0.318 e. The van der Waals surface area contributed by atoms with Gasteiger partial charge in [0.25, 0.3) is 5.56 Å². The number of aromatic amines is 1. The summed E-state index contributed by atoms with van der Waals surface area (Å²) in [5.41, 5.74) is 2.05. The van der Waals surface area contributed by atoms with Crippen LogP contribution in [0.15, 0.2) is 87.6 Å². The van der Waals surface area contributed by atoms with Gasteiger partial charge in [0.15, 0.2) is 5.03 Å². The number of hydrogen-bond donors (Lipinski definition) is 1. The molecule has 5 nitrogen and oxygen atoms in total. The molecule has 2 atom stereocenters. The lowest BCUT2D eigenvalue weighted by Gasteiger charge is -2.40. The molecule has 2 heterocycles. The van der Waals surface area contributed by atoms with Crippen molar-refractivity contribution in [1.82, 2.24) is 9.97 Å². The maximum atomic E-state index is 13.3. The molecule has 3 aromatic rings. The Bertz CT molecular complexity index is 1220. The van der Waals surface area contributed by atoms with E-state index in [0.29, 0.717) is 16.1 Å². The van der Waals surface area contributed by atoms with E-state index in [1.54, 1.807) is 11.8 Å². The molecule has 1 amide bonds. The summed E-state index contributed by atoms with van der Waals surface area (Å²) in [6, 6.07) is 15.3. The number of amides is 1. The van der Waals surface area contributed by atoms with E-state index in [9.17, 15) is 9.59 Å². The summed E-state index contributed by atoms with van der Waals surface area (Å²) in [4.78, 5) is 35.8. The number of H-pyrrole nitrogens is 1. The number of allylic oxidation sites excluding steroid dienone is 2. The second-order valence-electron chi connectivity index (χ2n) is 6.75. The van der Waals surface area contributed by atoms with Gasteiger partial charge in [-0.2, -0.15) is 0 Å². The number of aromatic nitrogens is 2. The van der Waals surface area contributed by atoms with Crippen molar-refractivity contribution in [3.8, 4) is 0 Å². The maximum absolute atomic E-state index is 13.3. The average molecular weight is 420 g/mol. The van der Waals surface area contributed by atoms with E-state index in [1.807, 2.05) is 65.6 Å². The summed E-state index contributed by atoms with van der Waals surface area (Å²) in [5.74, 6) is 0.112. The molecule has 2 unspecified atom stereocenters. The predicted octanol–water partition coefficient (Wildman–Crippen LogP) is 4.02. The van der Waals surface area contributed by atoms with E-state index in [-0.39, 0.29) is 28.5 Å². The molecule has 1 aliphatic carbocycles. The fourth-order valence-corrected chi connectivity index (χ4v) is 5.59. The fourth-order valence-electron chi connectivity index (χ4n) is 3.59. The zero-order chi connectivity index (χ0) is 19.8. The van der Waals surface area contributed by atoms with Crippen molar-refractivity contribution in [2.45, 2.75) is 21.2 Å². The third-order valence-electron chi connectivity index (χ3n) is 4.91. The Morgan fingerprint density at radius 3 is 2.83 bits per heavy atom. The largest absolute Gasteiger partial charge is 0.318 e. The number of rotatable bonds is 3. The van der Waals surface area contributed by atoms with Gasteiger partial charge in [-0.1, -0.05) is 60.3 Å². The molecule has 2 aromatic carbocycles. The van der Waals surface area contributed by atoms with Gasteiger partial charge in [-0.3, -0.25) is 9.59 Å². The molecule has 5 rings (SSSR count). The van der Waals surface area contributed by atoms with Crippen molar-refractivity contribution in [2.75, 3.05) is 10.7 Å². The number of hydrogen-bond acceptors (Lipinski definition) is 5. The molecule has 0 bridgehead atoms. The van der Waals surface area contributed by atoms with E-state index in [2.05, 4.69) is 22.1 Å². The number of para-hydroxylation sites is 3. The van der Waals surface area contributed by atoms with Crippen molar-refractivity contribution >= 4 is 46.2 Å². The molecule has 0 spiro atoms.